The van der Waals surface area contributed by atoms with Crippen LogP contribution in [0.25, 0.3) is 0 Å². The number of likely N-dealkylation sites (tertiary alicyclic amines) is 1. The number of carboxylic acids is 1. The van der Waals surface area contributed by atoms with Gasteiger partial charge in [-0.05, 0) is 26.7 Å². The van der Waals surface area contributed by atoms with Gasteiger partial charge in [0, 0.05) is 6.54 Å². The molecule has 0 aliphatic carbocycles. The van der Waals surface area contributed by atoms with Crippen LogP contribution in [0, 0.1) is 0 Å². The highest BCUT2D eigenvalue weighted by Gasteiger charge is 2.37. The standard InChI is InChI=1S/C12H21N3O5/c1-6(13)11(18)15-5-3-4-8(15)10(17)14-9(7(2)16)12(19)20/h6-9,16H,3-5,13H2,1-2H3,(H,14,17)(H,19,20)/t6-,7+,8-,9-/m0/s1. The SMILES string of the molecule is C[C@H](N)C(=O)N1CCC[C@H]1C(=O)N[C@H](C(=O)O)[C@@H](C)O. The lowest BCUT2D eigenvalue weighted by atomic mass is 10.1. The smallest absolute Gasteiger partial charge is 0.328 e. The van der Waals surface area contributed by atoms with Crippen molar-refractivity contribution in [1.29, 1.82) is 0 Å². The second kappa shape index (κ2) is 6.67. The molecule has 0 aromatic heterocycles. The molecule has 1 fully saturated rings. The highest BCUT2D eigenvalue weighted by atomic mass is 16.4. The summed E-state index contributed by atoms with van der Waals surface area (Å²) in [7, 11) is 0. The van der Waals surface area contributed by atoms with Crippen LogP contribution >= 0.6 is 0 Å². The first-order valence-corrected chi connectivity index (χ1v) is 6.53. The van der Waals surface area contributed by atoms with E-state index >= 15 is 0 Å². The summed E-state index contributed by atoms with van der Waals surface area (Å²) in [5.41, 5.74) is 5.52. The van der Waals surface area contributed by atoms with E-state index in [-0.39, 0.29) is 5.91 Å². The molecular formula is C12H21N3O5. The molecule has 0 bridgehead atoms. The lowest BCUT2D eigenvalue weighted by Gasteiger charge is -2.27. The third-order valence-corrected chi connectivity index (χ3v) is 3.27. The van der Waals surface area contributed by atoms with E-state index in [4.69, 9.17) is 10.8 Å². The van der Waals surface area contributed by atoms with Gasteiger partial charge in [-0.1, -0.05) is 0 Å². The van der Waals surface area contributed by atoms with Gasteiger partial charge in [0.15, 0.2) is 6.04 Å². The number of aliphatic hydroxyl groups excluding tert-OH is 1. The maximum absolute atomic E-state index is 12.1. The number of nitrogens with zero attached hydrogens (tertiary/aromatic N) is 1. The van der Waals surface area contributed by atoms with Crippen LogP contribution in [0.1, 0.15) is 26.7 Å². The Labute approximate surface area is 116 Å². The molecule has 0 aromatic rings. The first kappa shape index (κ1) is 16.4. The molecule has 2 amide bonds. The molecule has 0 spiro atoms. The molecule has 1 aliphatic heterocycles. The Hall–Kier alpha value is -1.67. The number of carboxylic acid groups (broad SMARTS) is 1. The summed E-state index contributed by atoms with van der Waals surface area (Å²) >= 11 is 0. The number of rotatable bonds is 5. The molecule has 4 atom stereocenters. The highest BCUT2D eigenvalue weighted by Crippen LogP contribution is 2.18. The van der Waals surface area contributed by atoms with Gasteiger partial charge < -0.3 is 26.2 Å². The number of aliphatic hydroxyl groups is 1. The normalized spacial score (nSPS) is 23.0. The monoisotopic (exact) mass is 287 g/mol. The second-order valence-electron chi connectivity index (χ2n) is 5.04. The number of nitrogens with one attached hydrogen (secondary N) is 1. The Balaban J connectivity index is 2.75. The van der Waals surface area contributed by atoms with Crippen LogP contribution in [0.5, 0.6) is 0 Å². The number of hydrogen-bond donors (Lipinski definition) is 4. The van der Waals surface area contributed by atoms with Crippen molar-refractivity contribution in [1.82, 2.24) is 10.2 Å². The Morgan fingerprint density at radius 2 is 1.95 bits per heavy atom. The van der Waals surface area contributed by atoms with E-state index in [0.29, 0.717) is 19.4 Å². The van der Waals surface area contributed by atoms with Crippen LogP contribution in [0.2, 0.25) is 0 Å². The van der Waals surface area contributed by atoms with Crippen molar-refractivity contribution in [2.75, 3.05) is 6.54 Å². The van der Waals surface area contributed by atoms with E-state index in [1.807, 2.05) is 0 Å². The van der Waals surface area contributed by atoms with Gasteiger partial charge in [-0.2, -0.15) is 0 Å². The van der Waals surface area contributed by atoms with Crippen molar-refractivity contribution in [3.05, 3.63) is 0 Å². The van der Waals surface area contributed by atoms with Crippen LogP contribution in [0.15, 0.2) is 0 Å². The minimum Gasteiger partial charge on any atom is -0.480 e. The summed E-state index contributed by atoms with van der Waals surface area (Å²) in [6.07, 6.45) is -0.116. The molecule has 1 heterocycles. The summed E-state index contributed by atoms with van der Waals surface area (Å²) in [6, 6.07) is -2.83. The average molecular weight is 287 g/mol. The van der Waals surface area contributed by atoms with Crippen LogP contribution in [-0.4, -0.2) is 63.7 Å². The Kier molecular flexibility index (Phi) is 5.46. The van der Waals surface area contributed by atoms with Crippen molar-refractivity contribution in [2.45, 2.75) is 50.9 Å². The molecule has 8 heteroatoms. The molecule has 8 nitrogen and oxygen atoms in total. The summed E-state index contributed by atoms with van der Waals surface area (Å²) in [4.78, 5) is 36.3. The molecule has 1 saturated heterocycles. The van der Waals surface area contributed by atoms with Crippen LogP contribution in [0.3, 0.4) is 0 Å². The van der Waals surface area contributed by atoms with Crippen molar-refractivity contribution in [2.24, 2.45) is 5.73 Å². The number of hydrogen-bond acceptors (Lipinski definition) is 5. The van der Waals surface area contributed by atoms with Gasteiger partial charge in [-0.15, -0.1) is 0 Å². The predicted octanol–water partition coefficient (Wildman–Crippen LogP) is -1.73. The zero-order chi connectivity index (χ0) is 15.4. The summed E-state index contributed by atoms with van der Waals surface area (Å²) in [5, 5.41) is 20.5. The molecule has 5 N–H and O–H groups in total. The van der Waals surface area contributed by atoms with Crippen molar-refractivity contribution < 1.29 is 24.6 Å². The first-order valence-electron chi connectivity index (χ1n) is 6.53. The van der Waals surface area contributed by atoms with Crippen LogP contribution < -0.4 is 11.1 Å². The lowest BCUT2D eigenvalue weighted by Crippen LogP contribution is -2.55. The summed E-state index contributed by atoms with van der Waals surface area (Å²) < 4.78 is 0. The molecule has 0 radical (unpaired) electrons. The number of amides is 2. The van der Waals surface area contributed by atoms with E-state index in [9.17, 15) is 19.5 Å². The number of nitrogens with two attached hydrogens (primary N) is 1. The molecule has 114 valence electrons. The molecular weight excluding hydrogens is 266 g/mol. The molecule has 0 aromatic carbocycles. The summed E-state index contributed by atoms with van der Waals surface area (Å²) in [5.74, 6) is -2.24. The number of carbonyl (C=O) groups excluding carboxylic acids is 2. The molecule has 0 unspecified atom stereocenters. The van der Waals surface area contributed by atoms with Crippen LogP contribution in [-0.2, 0) is 14.4 Å². The van der Waals surface area contributed by atoms with E-state index in [1.165, 1.54) is 18.7 Å². The zero-order valence-corrected chi connectivity index (χ0v) is 11.6. The van der Waals surface area contributed by atoms with Gasteiger partial charge in [0.1, 0.15) is 6.04 Å². The molecule has 0 saturated carbocycles. The fourth-order valence-corrected chi connectivity index (χ4v) is 2.20. The number of aliphatic carboxylic acids is 1. The van der Waals surface area contributed by atoms with Gasteiger partial charge >= 0.3 is 5.97 Å². The average Bonchev–Trinajstić information content (AvgIpc) is 2.82. The molecule has 20 heavy (non-hydrogen) atoms. The van der Waals surface area contributed by atoms with E-state index in [1.54, 1.807) is 0 Å². The maximum Gasteiger partial charge on any atom is 0.328 e. The highest BCUT2D eigenvalue weighted by molar-refractivity contribution is 5.92. The largest absolute Gasteiger partial charge is 0.480 e. The minimum absolute atomic E-state index is 0.341. The van der Waals surface area contributed by atoms with Gasteiger partial charge in [0.05, 0.1) is 12.1 Å². The fraction of sp³-hybridized carbons (Fsp3) is 0.750. The quantitative estimate of drug-likeness (QED) is 0.475. The third kappa shape index (κ3) is 3.67. The Bertz CT molecular complexity index is 397. The third-order valence-electron chi connectivity index (χ3n) is 3.27. The summed E-state index contributed by atoms with van der Waals surface area (Å²) in [6.45, 7) is 3.23. The minimum atomic E-state index is -1.39. The first-order chi connectivity index (χ1) is 9.25. The van der Waals surface area contributed by atoms with E-state index < -0.39 is 36.1 Å². The van der Waals surface area contributed by atoms with Gasteiger partial charge in [-0.3, -0.25) is 9.59 Å². The van der Waals surface area contributed by atoms with E-state index in [0.717, 1.165) is 0 Å². The van der Waals surface area contributed by atoms with Crippen molar-refractivity contribution in [3.8, 4) is 0 Å². The van der Waals surface area contributed by atoms with Crippen molar-refractivity contribution >= 4 is 17.8 Å². The zero-order valence-electron chi connectivity index (χ0n) is 11.6. The predicted molar refractivity (Wildman–Crippen MR) is 69.6 cm³/mol. The fourth-order valence-electron chi connectivity index (χ4n) is 2.20. The van der Waals surface area contributed by atoms with E-state index in [2.05, 4.69) is 5.32 Å². The topological polar surface area (TPSA) is 133 Å². The Morgan fingerprint density at radius 1 is 1.35 bits per heavy atom. The lowest BCUT2D eigenvalue weighted by molar-refractivity contribution is -0.146. The van der Waals surface area contributed by atoms with Gasteiger partial charge in [-0.25, -0.2) is 4.79 Å². The number of carbonyl (C=O) groups is 3. The Morgan fingerprint density at radius 3 is 2.40 bits per heavy atom. The van der Waals surface area contributed by atoms with Gasteiger partial charge in [0.2, 0.25) is 11.8 Å². The maximum atomic E-state index is 12.1. The molecule has 1 aliphatic rings. The van der Waals surface area contributed by atoms with Crippen LogP contribution in [0.4, 0.5) is 0 Å². The van der Waals surface area contributed by atoms with Gasteiger partial charge in [0.25, 0.3) is 0 Å². The molecule has 1 rings (SSSR count). The van der Waals surface area contributed by atoms with Crippen molar-refractivity contribution in [3.63, 3.8) is 0 Å². The second-order valence-corrected chi connectivity index (χ2v) is 5.04.